The number of rotatable bonds is 1. The second-order valence-corrected chi connectivity index (χ2v) is 5.78. The van der Waals surface area contributed by atoms with E-state index in [1.165, 1.54) is 0 Å². The summed E-state index contributed by atoms with van der Waals surface area (Å²) in [7, 11) is 0. The van der Waals surface area contributed by atoms with Crippen LogP contribution in [0.4, 0.5) is 10.5 Å². The maximum atomic E-state index is 11.9. The van der Waals surface area contributed by atoms with E-state index in [1.807, 2.05) is 44.2 Å². The van der Waals surface area contributed by atoms with Gasteiger partial charge in [0.15, 0.2) is 0 Å². The Kier molecular flexibility index (Phi) is 3.51. The summed E-state index contributed by atoms with van der Waals surface area (Å²) in [5.41, 5.74) is 1.34. The number of aromatic nitrogens is 2. The van der Waals surface area contributed by atoms with Crippen LogP contribution in [-0.2, 0) is 0 Å². The Morgan fingerprint density at radius 3 is 2.41 bits per heavy atom. The number of carbonyl (C=O) groups excluding carboxylic acids is 1. The van der Waals surface area contributed by atoms with Gasteiger partial charge in [-0.05, 0) is 31.9 Å². The van der Waals surface area contributed by atoms with Crippen molar-refractivity contribution in [1.82, 2.24) is 15.3 Å². The minimum atomic E-state index is -0.247. The average Bonchev–Trinajstić information content (AvgIpc) is 2.80. The fourth-order valence-corrected chi connectivity index (χ4v) is 2.25. The molecule has 110 valence electrons. The molecule has 0 spiro atoms. The van der Waals surface area contributed by atoms with Gasteiger partial charge >= 0.3 is 6.03 Å². The minimum Gasteiger partial charge on any atom is -0.331 e. The summed E-state index contributed by atoms with van der Waals surface area (Å²) in [4.78, 5) is 22.0. The smallest absolute Gasteiger partial charge is 0.322 e. The van der Waals surface area contributed by atoms with Gasteiger partial charge in [-0.1, -0.05) is 24.1 Å². The molecule has 0 bridgehead atoms. The van der Waals surface area contributed by atoms with Crippen LogP contribution < -0.4 is 10.2 Å². The number of amides is 2. The molecule has 3 rings (SSSR count). The molecule has 2 heterocycles. The number of anilines is 1. The molecule has 1 fully saturated rings. The monoisotopic (exact) mass is 292 g/mol. The fourth-order valence-electron chi connectivity index (χ4n) is 2.25. The van der Waals surface area contributed by atoms with E-state index in [9.17, 15) is 4.79 Å². The van der Waals surface area contributed by atoms with Crippen LogP contribution in [0.25, 0.3) is 0 Å². The maximum Gasteiger partial charge on any atom is 0.322 e. The van der Waals surface area contributed by atoms with Gasteiger partial charge in [-0.2, -0.15) is 0 Å². The molecule has 1 aromatic carbocycles. The van der Waals surface area contributed by atoms with Crippen molar-refractivity contribution in [1.29, 1.82) is 0 Å². The van der Waals surface area contributed by atoms with Crippen LogP contribution in [-0.4, -0.2) is 28.1 Å². The van der Waals surface area contributed by atoms with E-state index in [-0.39, 0.29) is 11.6 Å². The Bertz CT molecular complexity index is 742. The van der Waals surface area contributed by atoms with Crippen molar-refractivity contribution in [3.05, 3.63) is 54.1 Å². The van der Waals surface area contributed by atoms with Crippen molar-refractivity contribution in [3.8, 4) is 11.8 Å². The van der Waals surface area contributed by atoms with Gasteiger partial charge in [0.25, 0.3) is 0 Å². The molecule has 1 N–H and O–H groups in total. The third-order valence-electron chi connectivity index (χ3n) is 3.29. The number of hydrogen-bond donors (Lipinski definition) is 1. The zero-order valence-electron chi connectivity index (χ0n) is 12.5. The molecule has 0 saturated carbocycles. The lowest BCUT2D eigenvalue weighted by molar-refractivity contribution is 0.248. The first-order valence-electron chi connectivity index (χ1n) is 7.02. The van der Waals surface area contributed by atoms with E-state index in [4.69, 9.17) is 0 Å². The number of urea groups is 1. The van der Waals surface area contributed by atoms with Crippen molar-refractivity contribution in [2.24, 2.45) is 0 Å². The molecule has 1 aliphatic heterocycles. The molecule has 5 nitrogen and oxygen atoms in total. The topological polar surface area (TPSA) is 58.1 Å². The van der Waals surface area contributed by atoms with E-state index in [0.717, 1.165) is 5.56 Å². The van der Waals surface area contributed by atoms with Gasteiger partial charge in [0.2, 0.25) is 5.82 Å². The molecular weight excluding hydrogens is 276 g/mol. The first-order valence-corrected chi connectivity index (χ1v) is 7.02. The number of nitrogens with zero attached hydrogens (tertiary/aromatic N) is 3. The summed E-state index contributed by atoms with van der Waals surface area (Å²) in [5.74, 6) is 6.36. The molecule has 1 aliphatic rings. The summed E-state index contributed by atoms with van der Waals surface area (Å²) in [6.45, 7) is 4.54. The highest BCUT2D eigenvalue weighted by atomic mass is 16.2. The van der Waals surface area contributed by atoms with Gasteiger partial charge in [-0.15, -0.1) is 0 Å². The Hall–Kier alpha value is -2.87. The summed E-state index contributed by atoms with van der Waals surface area (Å²) >= 11 is 0. The highest BCUT2D eigenvalue weighted by molar-refractivity contribution is 5.94. The maximum absolute atomic E-state index is 11.9. The molecule has 1 saturated heterocycles. The van der Waals surface area contributed by atoms with Crippen LogP contribution in [0.3, 0.4) is 0 Å². The average molecular weight is 292 g/mol. The minimum absolute atomic E-state index is 0.128. The highest BCUT2D eigenvalue weighted by Gasteiger charge is 2.35. The molecule has 0 aliphatic carbocycles. The predicted octanol–water partition coefficient (Wildman–Crippen LogP) is 2.18. The van der Waals surface area contributed by atoms with Crippen LogP contribution in [0.15, 0.2) is 42.7 Å². The second kappa shape index (κ2) is 5.49. The standard InChI is InChI=1S/C17H16N4O/c1-17(2)12-21(16(22)20-17)14-10-18-15(19-11-14)9-8-13-6-4-3-5-7-13/h3-7,10-11H,12H2,1-2H3,(H,20,22). The number of benzene rings is 1. The lowest BCUT2D eigenvalue weighted by atomic mass is 10.1. The Labute approximate surface area is 129 Å². The lowest BCUT2D eigenvalue weighted by Gasteiger charge is -2.17. The third kappa shape index (κ3) is 3.07. The zero-order valence-corrected chi connectivity index (χ0v) is 12.5. The van der Waals surface area contributed by atoms with Crippen molar-refractivity contribution in [3.63, 3.8) is 0 Å². The normalized spacial score (nSPS) is 15.9. The summed E-state index contributed by atoms with van der Waals surface area (Å²) in [6, 6.07) is 9.54. The number of nitrogens with one attached hydrogen (secondary N) is 1. The Morgan fingerprint density at radius 2 is 1.82 bits per heavy atom. The van der Waals surface area contributed by atoms with Crippen molar-refractivity contribution >= 4 is 11.7 Å². The van der Waals surface area contributed by atoms with Crippen molar-refractivity contribution in [2.75, 3.05) is 11.4 Å². The summed E-state index contributed by atoms with van der Waals surface area (Å²) in [5, 5.41) is 2.91. The van der Waals surface area contributed by atoms with E-state index in [1.54, 1.807) is 17.3 Å². The van der Waals surface area contributed by atoms with Crippen molar-refractivity contribution < 1.29 is 4.79 Å². The van der Waals surface area contributed by atoms with Crippen LogP contribution in [0.1, 0.15) is 25.2 Å². The van der Waals surface area contributed by atoms with Crippen LogP contribution >= 0.6 is 0 Å². The second-order valence-electron chi connectivity index (χ2n) is 5.78. The van der Waals surface area contributed by atoms with Gasteiger partial charge in [-0.3, -0.25) is 4.90 Å². The first-order chi connectivity index (χ1) is 10.5. The molecule has 2 aromatic rings. The van der Waals surface area contributed by atoms with Gasteiger partial charge in [0.05, 0.1) is 30.2 Å². The molecule has 0 atom stereocenters. The van der Waals surface area contributed by atoms with E-state index < -0.39 is 0 Å². The molecule has 2 amide bonds. The van der Waals surface area contributed by atoms with Crippen LogP contribution in [0.5, 0.6) is 0 Å². The van der Waals surface area contributed by atoms with Gasteiger partial charge < -0.3 is 5.32 Å². The Balaban J connectivity index is 1.77. The Morgan fingerprint density at radius 1 is 1.14 bits per heavy atom. The molecule has 22 heavy (non-hydrogen) atoms. The van der Waals surface area contributed by atoms with E-state index >= 15 is 0 Å². The SMILES string of the molecule is CC1(C)CN(c2cnc(C#Cc3ccccc3)nc2)C(=O)N1. The fraction of sp³-hybridized carbons (Fsp3) is 0.235. The quantitative estimate of drug-likeness (QED) is 0.820. The van der Waals surface area contributed by atoms with Crippen LogP contribution in [0, 0.1) is 11.8 Å². The zero-order chi connectivity index (χ0) is 15.6. The van der Waals surface area contributed by atoms with Gasteiger partial charge in [0.1, 0.15) is 0 Å². The van der Waals surface area contributed by atoms with E-state index in [0.29, 0.717) is 18.1 Å². The molecular formula is C17H16N4O. The molecule has 5 heteroatoms. The van der Waals surface area contributed by atoms with Crippen molar-refractivity contribution in [2.45, 2.75) is 19.4 Å². The first kappa shape index (κ1) is 14.1. The predicted molar refractivity (Wildman–Crippen MR) is 84.4 cm³/mol. The summed E-state index contributed by atoms with van der Waals surface area (Å²) < 4.78 is 0. The number of hydrogen-bond acceptors (Lipinski definition) is 3. The highest BCUT2D eigenvalue weighted by Crippen LogP contribution is 2.21. The number of carbonyl (C=O) groups is 1. The lowest BCUT2D eigenvalue weighted by Crippen LogP contribution is -2.36. The molecule has 1 aromatic heterocycles. The van der Waals surface area contributed by atoms with Gasteiger partial charge in [-0.25, -0.2) is 14.8 Å². The van der Waals surface area contributed by atoms with E-state index in [2.05, 4.69) is 27.1 Å². The third-order valence-corrected chi connectivity index (χ3v) is 3.29. The van der Waals surface area contributed by atoms with Crippen LogP contribution in [0.2, 0.25) is 0 Å². The molecule has 0 radical (unpaired) electrons. The molecule has 0 unspecified atom stereocenters. The largest absolute Gasteiger partial charge is 0.331 e. The van der Waals surface area contributed by atoms with Gasteiger partial charge in [0, 0.05) is 5.56 Å². The summed E-state index contributed by atoms with van der Waals surface area (Å²) in [6.07, 6.45) is 3.26.